The van der Waals surface area contributed by atoms with E-state index in [0.29, 0.717) is 33.7 Å². The molecule has 0 spiro atoms. The van der Waals surface area contributed by atoms with Gasteiger partial charge >= 0.3 is 0 Å². The van der Waals surface area contributed by atoms with Gasteiger partial charge in [0.15, 0.2) is 0 Å². The van der Waals surface area contributed by atoms with Crippen LogP contribution in [0.4, 0.5) is 0 Å². The third kappa shape index (κ3) is 5.98. The molecule has 154 valence electrons. The van der Waals surface area contributed by atoms with E-state index in [1.165, 1.54) is 0 Å². The molecule has 1 amide bonds. The lowest BCUT2D eigenvalue weighted by molar-refractivity contribution is 0.0955. The number of hydrazone groups is 1. The Morgan fingerprint density at radius 3 is 2.53 bits per heavy atom. The summed E-state index contributed by atoms with van der Waals surface area (Å²) in [5.41, 5.74) is 4.60. The van der Waals surface area contributed by atoms with E-state index in [-0.39, 0.29) is 5.91 Å². The molecule has 0 aliphatic heterocycles. The molecule has 0 saturated carbocycles. The Labute approximate surface area is 192 Å². The minimum atomic E-state index is -0.312. The molecule has 0 aromatic heterocycles. The second-order valence-electron chi connectivity index (χ2n) is 6.14. The van der Waals surface area contributed by atoms with E-state index in [1.807, 2.05) is 18.2 Å². The summed E-state index contributed by atoms with van der Waals surface area (Å²) in [7, 11) is 1.57. The smallest absolute Gasteiger partial charge is 0.271 e. The number of nitrogens with one attached hydrogen (secondary N) is 1. The molecule has 0 aliphatic carbocycles. The van der Waals surface area contributed by atoms with Crippen LogP contribution in [0.5, 0.6) is 11.5 Å². The normalized spacial score (nSPS) is 10.8. The number of rotatable bonds is 7. The van der Waals surface area contributed by atoms with Crippen molar-refractivity contribution in [2.45, 2.75) is 6.61 Å². The fourth-order valence-electron chi connectivity index (χ4n) is 2.48. The van der Waals surface area contributed by atoms with Crippen molar-refractivity contribution in [3.63, 3.8) is 0 Å². The highest BCUT2D eigenvalue weighted by atomic mass is 79.9. The van der Waals surface area contributed by atoms with Gasteiger partial charge < -0.3 is 9.47 Å². The topological polar surface area (TPSA) is 59.9 Å². The van der Waals surface area contributed by atoms with Gasteiger partial charge in [-0.25, -0.2) is 5.43 Å². The molecule has 0 unspecified atom stereocenters. The van der Waals surface area contributed by atoms with Crippen LogP contribution in [0, 0.1) is 0 Å². The first-order valence-corrected chi connectivity index (χ1v) is 10.3. The van der Waals surface area contributed by atoms with Gasteiger partial charge in [0.2, 0.25) is 0 Å². The van der Waals surface area contributed by atoms with Crippen LogP contribution in [0.15, 0.2) is 70.2 Å². The van der Waals surface area contributed by atoms with Crippen LogP contribution in [0.2, 0.25) is 10.0 Å². The second kappa shape index (κ2) is 10.5. The second-order valence-corrected chi connectivity index (χ2v) is 7.84. The van der Waals surface area contributed by atoms with Gasteiger partial charge in [-0.2, -0.15) is 5.10 Å². The summed E-state index contributed by atoms with van der Waals surface area (Å²) in [6, 6.07) is 17.5. The maximum atomic E-state index is 12.1. The van der Waals surface area contributed by atoms with Crippen molar-refractivity contribution >= 4 is 51.3 Å². The molecule has 8 heteroatoms. The van der Waals surface area contributed by atoms with Gasteiger partial charge in [-0.1, -0.05) is 29.3 Å². The quantitative estimate of drug-likeness (QED) is 0.310. The standard InChI is InChI=1S/C22H17BrCl2N2O3/c1-29-18-7-4-15(5-8-18)22(28)27-26-12-14-2-9-21(19(23)10-14)30-13-16-3-6-17(24)11-20(16)25/h2-12H,13H2,1H3,(H,27,28)/b26-12+. The Morgan fingerprint density at radius 1 is 1.10 bits per heavy atom. The number of benzene rings is 3. The van der Waals surface area contributed by atoms with Crippen LogP contribution in [0.3, 0.4) is 0 Å². The Morgan fingerprint density at radius 2 is 1.87 bits per heavy atom. The number of hydrogen-bond donors (Lipinski definition) is 1. The average Bonchev–Trinajstić information content (AvgIpc) is 2.74. The molecule has 0 atom stereocenters. The number of methoxy groups -OCH3 is 1. The Hall–Kier alpha value is -2.54. The zero-order chi connectivity index (χ0) is 21.5. The third-order valence-electron chi connectivity index (χ3n) is 4.09. The van der Waals surface area contributed by atoms with Crippen LogP contribution in [-0.4, -0.2) is 19.2 Å². The maximum absolute atomic E-state index is 12.1. The number of hydrogen-bond acceptors (Lipinski definition) is 4. The summed E-state index contributed by atoms with van der Waals surface area (Å²) in [6.45, 7) is 0.306. The molecule has 0 heterocycles. The summed E-state index contributed by atoms with van der Waals surface area (Å²) in [5, 5.41) is 5.12. The van der Waals surface area contributed by atoms with Crippen molar-refractivity contribution in [1.82, 2.24) is 5.43 Å². The summed E-state index contributed by atoms with van der Waals surface area (Å²) < 4.78 is 11.6. The van der Waals surface area contributed by atoms with Crippen molar-refractivity contribution < 1.29 is 14.3 Å². The predicted molar refractivity (Wildman–Crippen MR) is 123 cm³/mol. The lowest BCUT2D eigenvalue weighted by atomic mass is 10.2. The number of nitrogens with zero attached hydrogens (tertiary/aromatic N) is 1. The van der Waals surface area contributed by atoms with E-state index in [2.05, 4.69) is 26.5 Å². The molecule has 3 rings (SSSR count). The van der Waals surface area contributed by atoms with Crippen LogP contribution in [-0.2, 0) is 6.61 Å². The van der Waals surface area contributed by atoms with Gasteiger partial charge in [0.05, 0.1) is 17.8 Å². The number of halogens is 3. The number of amides is 1. The molecule has 5 nitrogen and oxygen atoms in total. The molecule has 0 saturated heterocycles. The first-order chi connectivity index (χ1) is 14.5. The lowest BCUT2D eigenvalue weighted by Crippen LogP contribution is -2.17. The molecular weight excluding hydrogens is 491 g/mol. The summed E-state index contributed by atoms with van der Waals surface area (Å²) in [4.78, 5) is 12.1. The molecule has 0 bridgehead atoms. The highest BCUT2D eigenvalue weighted by Gasteiger charge is 2.07. The largest absolute Gasteiger partial charge is 0.497 e. The fraction of sp³-hybridized carbons (Fsp3) is 0.0909. The molecule has 3 aromatic carbocycles. The predicted octanol–water partition coefficient (Wildman–Crippen LogP) is 6.11. The first-order valence-electron chi connectivity index (χ1n) is 8.80. The third-order valence-corrected chi connectivity index (χ3v) is 5.29. The van der Waals surface area contributed by atoms with Gasteiger partial charge in [0.1, 0.15) is 18.1 Å². The zero-order valence-electron chi connectivity index (χ0n) is 15.9. The van der Waals surface area contributed by atoms with Gasteiger partial charge in [-0.3, -0.25) is 4.79 Å². The summed E-state index contributed by atoms with van der Waals surface area (Å²) >= 11 is 15.6. The van der Waals surface area contributed by atoms with E-state index >= 15 is 0 Å². The van der Waals surface area contributed by atoms with Crippen molar-refractivity contribution in [2.75, 3.05) is 7.11 Å². The molecule has 0 radical (unpaired) electrons. The number of carbonyl (C=O) groups excluding carboxylic acids is 1. The molecule has 30 heavy (non-hydrogen) atoms. The SMILES string of the molecule is COc1ccc(C(=O)N/N=C/c2ccc(OCc3ccc(Cl)cc3Cl)c(Br)c2)cc1. The summed E-state index contributed by atoms with van der Waals surface area (Å²) in [5.74, 6) is 1.02. The Bertz CT molecular complexity index is 1070. The van der Waals surface area contributed by atoms with Crippen LogP contribution >= 0.6 is 39.1 Å². The number of carbonyl (C=O) groups is 1. The summed E-state index contributed by atoms with van der Waals surface area (Å²) in [6.07, 6.45) is 1.55. The van der Waals surface area contributed by atoms with E-state index < -0.39 is 0 Å². The average molecular weight is 508 g/mol. The minimum absolute atomic E-state index is 0.306. The van der Waals surface area contributed by atoms with Crippen molar-refractivity contribution in [2.24, 2.45) is 5.10 Å². The monoisotopic (exact) mass is 506 g/mol. The first kappa shape index (κ1) is 22.2. The molecule has 0 aliphatic rings. The van der Waals surface area contributed by atoms with Crippen LogP contribution in [0.1, 0.15) is 21.5 Å². The molecule has 3 aromatic rings. The van der Waals surface area contributed by atoms with E-state index in [4.69, 9.17) is 32.7 Å². The highest BCUT2D eigenvalue weighted by Crippen LogP contribution is 2.28. The number of ether oxygens (including phenoxy) is 2. The van der Waals surface area contributed by atoms with Crippen LogP contribution in [0.25, 0.3) is 0 Å². The maximum Gasteiger partial charge on any atom is 0.271 e. The van der Waals surface area contributed by atoms with Gasteiger partial charge in [-0.05, 0) is 76.1 Å². The zero-order valence-corrected chi connectivity index (χ0v) is 19.0. The van der Waals surface area contributed by atoms with Gasteiger partial charge in [-0.15, -0.1) is 0 Å². The van der Waals surface area contributed by atoms with Gasteiger partial charge in [0.25, 0.3) is 5.91 Å². The van der Waals surface area contributed by atoms with Crippen LogP contribution < -0.4 is 14.9 Å². The van der Waals surface area contributed by atoms with E-state index in [9.17, 15) is 4.79 Å². The Kier molecular flexibility index (Phi) is 7.74. The lowest BCUT2D eigenvalue weighted by Gasteiger charge is -2.10. The van der Waals surface area contributed by atoms with Crippen molar-refractivity contribution in [1.29, 1.82) is 0 Å². The Balaban J connectivity index is 1.58. The fourth-order valence-corrected chi connectivity index (χ4v) is 3.46. The van der Waals surface area contributed by atoms with Crippen molar-refractivity contribution in [3.8, 4) is 11.5 Å². The molecular formula is C22H17BrCl2N2O3. The van der Waals surface area contributed by atoms with E-state index in [0.717, 1.165) is 15.6 Å². The molecule has 1 N–H and O–H groups in total. The highest BCUT2D eigenvalue weighted by molar-refractivity contribution is 9.10. The minimum Gasteiger partial charge on any atom is -0.497 e. The van der Waals surface area contributed by atoms with E-state index in [1.54, 1.807) is 55.8 Å². The molecule has 0 fully saturated rings. The van der Waals surface area contributed by atoms with Gasteiger partial charge in [0, 0.05) is 21.2 Å². The van der Waals surface area contributed by atoms with Crippen molar-refractivity contribution in [3.05, 3.63) is 91.9 Å².